The summed E-state index contributed by atoms with van der Waals surface area (Å²) in [5.41, 5.74) is 1.56. The topological polar surface area (TPSA) is 51.2 Å². The van der Waals surface area contributed by atoms with Gasteiger partial charge in [0, 0.05) is 24.5 Å². The number of benzene rings is 1. The number of nitrogens with one attached hydrogen (secondary N) is 1. The molecule has 0 unspecified atom stereocenters. The van der Waals surface area contributed by atoms with Crippen molar-refractivity contribution < 1.29 is 9.53 Å². The summed E-state index contributed by atoms with van der Waals surface area (Å²) in [6.45, 7) is 1.22. The number of carbonyl (C=O) groups excluding carboxylic acids is 1. The number of rotatable bonds is 6. The molecule has 4 nitrogen and oxygen atoms in total. The minimum absolute atomic E-state index is 0.125. The Morgan fingerprint density at radius 3 is 2.86 bits per heavy atom. The smallest absolute Gasteiger partial charge is 0.253 e. The summed E-state index contributed by atoms with van der Waals surface area (Å²) >= 11 is 0. The van der Waals surface area contributed by atoms with E-state index in [1.54, 1.807) is 24.5 Å². The fourth-order valence-corrected chi connectivity index (χ4v) is 2.06. The summed E-state index contributed by atoms with van der Waals surface area (Å²) in [7, 11) is 0. The van der Waals surface area contributed by atoms with E-state index < -0.39 is 0 Å². The molecule has 1 aliphatic carbocycles. The van der Waals surface area contributed by atoms with Crippen LogP contribution in [0.4, 0.5) is 0 Å². The van der Waals surface area contributed by atoms with Crippen molar-refractivity contribution in [3.63, 3.8) is 0 Å². The zero-order chi connectivity index (χ0) is 14.5. The molecular weight excluding hydrogens is 264 g/mol. The van der Waals surface area contributed by atoms with Crippen LogP contribution in [0.5, 0.6) is 5.75 Å². The van der Waals surface area contributed by atoms with Crippen molar-refractivity contribution in [1.82, 2.24) is 10.3 Å². The molecule has 1 amide bonds. The van der Waals surface area contributed by atoms with Gasteiger partial charge in [0.05, 0.1) is 12.2 Å². The number of para-hydroxylation sites is 1. The van der Waals surface area contributed by atoms with Crippen molar-refractivity contribution in [3.8, 4) is 5.75 Å². The second-order valence-corrected chi connectivity index (χ2v) is 5.29. The predicted molar refractivity (Wildman–Crippen MR) is 80.1 cm³/mol. The largest absolute Gasteiger partial charge is 0.493 e. The van der Waals surface area contributed by atoms with Gasteiger partial charge < -0.3 is 10.1 Å². The van der Waals surface area contributed by atoms with Gasteiger partial charge in [0.15, 0.2) is 0 Å². The van der Waals surface area contributed by atoms with E-state index in [1.165, 1.54) is 12.8 Å². The fraction of sp³-hybridized carbons (Fsp3) is 0.294. The Bertz CT molecular complexity index is 609. The summed E-state index contributed by atoms with van der Waals surface area (Å²) < 4.78 is 5.84. The number of amides is 1. The zero-order valence-electron chi connectivity index (χ0n) is 11.8. The van der Waals surface area contributed by atoms with Crippen molar-refractivity contribution >= 4 is 5.91 Å². The van der Waals surface area contributed by atoms with Crippen molar-refractivity contribution in [3.05, 3.63) is 59.9 Å². The molecule has 3 rings (SSSR count). The maximum Gasteiger partial charge on any atom is 0.253 e. The number of hydrogen-bond donors (Lipinski definition) is 1. The van der Waals surface area contributed by atoms with Crippen molar-refractivity contribution in [2.24, 2.45) is 5.92 Å². The van der Waals surface area contributed by atoms with Gasteiger partial charge in [0.25, 0.3) is 5.91 Å². The van der Waals surface area contributed by atoms with Gasteiger partial charge in [-0.3, -0.25) is 9.78 Å². The molecule has 21 heavy (non-hydrogen) atoms. The highest BCUT2D eigenvalue weighted by Crippen LogP contribution is 2.30. The molecular formula is C17H18N2O2. The lowest BCUT2D eigenvalue weighted by Crippen LogP contribution is -2.23. The number of ether oxygens (including phenoxy) is 1. The molecule has 2 aromatic rings. The summed E-state index contributed by atoms with van der Waals surface area (Å²) in [5.74, 6) is 1.44. The highest BCUT2D eigenvalue weighted by molar-refractivity contribution is 5.93. The average molecular weight is 282 g/mol. The lowest BCUT2D eigenvalue weighted by Gasteiger charge is -2.12. The van der Waals surface area contributed by atoms with Crippen molar-refractivity contribution in [2.45, 2.75) is 19.4 Å². The Morgan fingerprint density at radius 2 is 2.10 bits per heavy atom. The number of hydrogen-bond acceptors (Lipinski definition) is 3. The molecule has 0 bridgehead atoms. The first kappa shape index (κ1) is 13.6. The lowest BCUT2D eigenvalue weighted by molar-refractivity contribution is 0.0950. The van der Waals surface area contributed by atoms with Gasteiger partial charge in [-0.15, -0.1) is 0 Å². The molecule has 1 fully saturated rings. The minimum Gasteiger partial charge on any atom is -0.493 e. The van der Waals surface area contributed by atoms with E-state index >= 15 is 0 Å². The van der Waals surface area contributed by atoms with Crippen molar-refractivity contribution in [2.75, 3.05) is 6.61 Å². The third kappa shape index (κ3) is 3.81. The van der Waals surface area contributed by atoms with Gasteiger partial charge >= 0.3 is 0 Å². The van der Waals surface area contributed by atoms with Gasteiger partial charge in [0.1, 0.15) is 5.75 Å². The Kier molecular flexibility index (Phi) is 4.15. The van der Waals surface area contributed by atoms with Crippen LogP contribution in [-0.2, 0) is 6.54 Å². The summed E-state index contributed by atoms with van der Waals surface area (Å²) in [4.78, 5) is 16.0. The molecule has 0 spiro atoms. The van der Waals surface area contributed by atoms with E-state index in [4.69, 9.17) is 4.74 Å². The van der Waals surface area contributed by atoms with Crippen LogP contribution in [0.1, 0.15) is 28.8 Å². The normalized spacial score (nSPS) is 13.7. The van der Waals surface area contributed by atoms with Crippen molar-refractivity contribution in [1.29, 1.82) is 0 Å². The molecule has 0 saturated heterocycles. The van der Waals surface area contributed by atoms with Crippen LogP contribution in [0.2, 0.25) is 0 Å². The number of aromatic nitrogens is 1. The van der Waals surface area contributed by atoms with Gasteiger partial charge in [-0.05, 0) is 37.0 Å². The van der Waals surface area contributed by atoms with E-state index in [1.807, 2.05) is 24.3 Å². The predicted octanol–water partition coefficient (Wildman–Crippen LogP) is 2.80. The van der Waals surface area contributed by atoms with E-state index in [-0.39, 0.29) is 5.91 Å². The Morgan fingerprint density at radius 1 is 1.24 bits per heavy atom. The maximum atomic E-state index is 12.0. The molecule has 1 saturated carbocycles. The fourth-order valence-electron chi connectivity index (χ4n) is 2.06. The van der Waals surface area contributed by atoms with Gasteiger partial charge in [0.2, 0.25) is 0 Å². The Labute approximate surface area is 124 Å². The average Bonchev–Trinajstić information content (AvgIpc) is 3.36. The van der Waals surface area contributed by atoms with Gasteiger partial charge in [-0.1, -0.05) is 18.2 Å². The molecule has 1 aliphatic rings. The summed E-state index contributed by atoms with van der Waals surface area (Å²) in [5, 5.41) is 2.90. The van der Waals surface area contributed by atoms with E-state index in [0.29, 0.717) is 18.0 Å². The molecule has 0 atom stereocenters. The molecule has 1 aromatic carbocycles. The number of pyridine rings is 1. The van der Waals surface area contributed by atoms with E-state index in [2.05, 4.69) is 10.3 Å². The molecule has 0 aliphatic heterocycles. The van der Waals surface area contributed by atoms with Crippen LogP contribution in [0.3, 0.4) is 0 Å². The Balaban J connectivity index is 1.60. The first-order valence-corrected chi connectivity index (χ1v) is 7.22. The standard InChI is InChI=1S/C17H18N2O2/c20-17(15-5-3-9-18-10-15)19-11-14-4-1-2-6-16(14)21-12-13-7-8-13/h1-6,9-10,13H,7-8,11-12H2,(H,19,20). The second kappa shape index (κ2) is 6.39. The third-order valence-electron chi connectivity index (χ3n) is 3.51. The lowest BCUT2D eigenvalue weighted by atomic mass is 10.2. The Hall–Kier alpha value is -2.36. The first-order valence-electron chi connectivity index (χ1n) is 7.22. The van der Waals surface area contributed by atoms with Crippen LogP contribution in [-0.4, -0.2) is 17.5 Å². The van der Waals surface area contributed by atoms with Crippen LogP contribution in [0.15, 0.2) is 48.8 Å². The zero-order valence-corrected chi connectivity index (χ0v) is 11.8. The molecule has 1 aromatic heterocycles. The molecule has 1 heterocycles. The van der Waals surface area contributed by atoms with E-state index in [0.717, 1.165) is 17.9 Å². The summed E-state index contributed by atoms with van der Waals surface area (Å²) in [6, 6.07) is 11.3. The van der Waals surface area contributed by atoms with Crippen LogP contribution < -0.4 is 10.1 Å². The molecule has 0 radical (unpaired) electrons. The van der Waals surface area contributed by atoms with Crippen LogP contribution in [0, 0.1) is 5.92 Å². The monoisotopic (exact) mass is 282 g/mol. The third-order valence-corrected chi connectivity index (χ3v) is 3.51. The van der Waals surface area contributed by atoms with Gasteiger partial charge in [-0.2, -0.15) is 0 Å². The number of nitrogens with zero attached hydrogens (tertiary/aromatic N) is 1. The highest BCUT2D eigenvalue weighted by atomic mass is 16.5. The molecule has 1 N–H and O–H groups in total. The first-order chi connectivity index (χ1) is 10.3. The quantitative estimate of drug-likeness (QED) is 0.886. The SMILES string of the molecule is O=C(NCc1ccccc1OCC1CC1)c1cccnc1. The van der Waals surface area contributed by atoms with E-state index in [9.17, 15) is 4.79 Å². The van der Waals surface area contributed by atoms with Crippen LogP contribution >= 0.6 is 0 Å². The second-order valence-electron chi connectivity index (χ2n) is 5.29. The maximum absolute atomic E-state index is 12.0. The van der Waals surface area contributed by atoms with Crippen LogP contribution in [0.25, 0.3) is 0 Å². The number of carbonyl (C=O) groups is 1. The molecule has 4 heteroatoms. The summed E-state index contributed by atoms with van der Waals surface area (Å²) in [6.07, 6.45) is 5.74. The van der Waals surface area contributed by atoms with Gasteiger partial charge in [-0.25, -0.2) is 0 Å². The minimum atomic E-state index is -0.125. The molecule has 108 valence electrons. The highest BCUT2D eigenvalue weighted by Gasteiger charge is 2.22.